The Balaban J connectivity index is 0.00000400. The number of pyridine rings is 1. The van der Waals surface area contributed by atoms with E-state index in [4.69, 9.17) is 5.73 Å². The molecular formula is C13H21ClN4O3. The second kappa shape index (κ2) is 8.53. The lowest BCUT2D eigenvalue weighted by molar-refractivity contribution is -0.385. The van der Waals surface area contributed by atoms with E-state index in [0.29, 0.717) is 18.2 Å². The molecule has 0 bridgehead atoms. The summed E-state index contributed by atoms with van der Waals surface area (Å²) in [5, 5.41) is 13.5. The van der Waals surface area contributed by atoms with Crippen molar-refractivity contribution in [3.63, 3.8) is 0 Å². The molecule has 0 aromatic carbocycles. The van der Waals surface area contributed by atoms with E-state index >= 15 is 0 Å². The van der Waals surface area contributed by atoms with E-state index in [1.165, 1.54) is 6.07 Å². The maximum Gasteiger partial charge on any atom is 0.288 e. The summed E-state index contributed by atoms with van der Waals surface area (Å²) in [6.07, 6.45) is 1.89. The molecule has 0 radical (unpaired) electrons. The number of hydrogen-bond acceptors (Lipinski definition) is 5. The molecule has 118 valence electrons. The zero-order valence-corrected chi connectivity index (χ0v) is 13.1. The molecule has 3 N–H and O–H groups in total. The number of nitrogens with two attached hydrogens (primary N) is 1. The minimum absolute atomic E-state index is 0. The van der Waals surface area contributed by atoms with Gasteiger partial charge in [0, 0.05) is 18.7 Å². The van der Waals surface area contributed by atoms with E-state index in [-0.39, 0.29) is 35.6 Å². The van der Waals surface area contributed by atoms with Crippen molar-refractivity contribution >= 4 is 24.0 Å². The Morgan fingerprint density at radius 2 is 2.14 bits per heavy atom. The lowest BCUT2D eigenvalue weighted by Gasteiger charge is -2.19. The molecule has 0 aliphatic heterocycles. The summed E-state index contributed by atoms with van der Waals surface area (Å²) in [5.41, 5.74) is 6.09. The Morgan fingerprint density at radius 1 is 1.52 bits per heavy atom. The molecule has 1 amide bonds. The van der Waals surface area contributed by atoms with Crippen LogP contribution < -0.4 is 11.1 Å². The van der Waals surface area contributed by atoms with Gasteiger partial charge in [0.2, 0.25) is 0 Å². The molecule has 8 heteroatoms. The highest BCUT2D eigenvalue weighted by Crippen LogP contribution is 2.15. The molecule has 0 spiro atoms. The van der Waals surface area contributed by atoms with Gasteiger partial charge >= 0.3 is 0 Å². The molecule has 7 nitrogen and oxygen atoms in total. The number of carbonyl (C=O) groups is 1. The molecule has 1 aromatic heterocycles. The van der Waals surface area contributed by atoms with E-state index in [0.717, 1.165) is 12.6 Å². The number of nitrogens with one attached hydrogen (secondary N) is 1. The molecular weight excluding hydrogens is 296 g/mol. The van der Waals surface area contributed by atoms with Crippen LogP contribution in [0.15, 0.2) is 12.3 Å². The number of carbonyl (C=O) groups excluding carboxylic acids is 1. The van der Waals surface area contributed by atoms with Crippen LogP contribution in [-0.4, -0.2) is 28.4 Å². The number of aryl methyl sites for hydroxylation is 1. The third-order valence-electron chi connectivity index (χ3n) is 2.90. The fraction of sp³-hybridized carbons (Fsp3) is 0.538. The lowest BCUT2D eigenvalue weighted by Crippen LogP contribution is -2.41. The molecule has 21 heavy (non-hydrogen) atoms. The fourth-order valence-corrected chi connectivity index (χ4v) is 1.90. The number of aromatic nitrogens is 1. The van der Waals surface area contributed by atoms with Gasteiger partial charge in [-0.05, 0) is 19.3 Å². The second-order valence-electron chi connectivity index (χ2n) is 5.12. The average Bonchev–Trinajstić information content (AvgIpc) is 2.37. The molecule has 1 unspecified atom stereocenters. The van der Waals surface area contributed by atoms with Crippen molar-refractivity contribution in [2.24, 2.45) is 11.7 Å². The highest BCUT2D eigenvalue weighted by Gasteiger charge is 2.19. The number of rotatable bonds is 6. The van der Waals surface area contributed by atoms with Crippen LogP contribution in [0.2, 0.25) is 0 Å². The number of halogens is 1. The first-order chi connectivity index (χ1) is 9.35. The first-order valence-electron chi connectivity index (χ1n) is 6.47. The first kappa shape index (κ1) is 19.3. The quantitative estimate of drug-likeness (QED) is 0.614. The summed E-state index contributed by atoms with van der Waals surface area (Å²) in [4.78, 5) is 26.2. The van der Waals surface area contributed by atoms with Gasteiger partial charge in [-0.1, -0.05) is 13.8 Å². The molecule has 0 saturated heterocycles. The zero-order chi connectivity index (χ0) is 15.3. The van der Waals surface area contributed by atoms with E-state index in [1.807, 2.05) is 13.8 Å². The fourth-order valence-electron chi connectivity index (χ4n) is 1.90. The minimum atomic E-state index is -0.572. The maximum atomic E-state index is 12.2. The van der Waals surface area contributed by atoms with Crippen molar-refractivity contribution in [1.82, 2.24) is 10.3 Å². The third-order valence-corrected chi connectivity index (χ3v) is 2.90. The number of nitro groups is 1. The minimum Gasteiger partial charge on any atom is -0.348 e. The van der Waals surface area contributed by atoms with Gasteiger partial charge < -0.3 is 11.1 Å². The molecule has 0 saturated carbocycles. The largest absolute Gasteiger partial charge is 0.348 e. The van der Waals surface area contributed by atoms with Crippen molar-refractivity contribution in [3.05, 3.63) is 33.6 Å². The normalized spacial score (nSPS) is 11.7. The maximum absolute atomic E-state index is 12.2. The van der Waals surface area contributed by atoms with Gasteiger partial charge in [0.15, 0.2) is 0 Å². The highest BCUT2D eigenvalue weighted by atomic mass is 35.5. The first-order valence-corrected chi connectivity index (χ1v) is 6.47. The molecule has 0 aliphatic carbocycles. The van der Waals surface area contributed by atoms with E-state index < -0.39 is 4.92 Å². The van der Waals surface area contributed by atoms with Gasteiger partial charge in [-0.2, -0.15) is 0 Å². The summed E-state index contributed by atoms with van der Waals surface area (Å²) in [6, 6.07) is 1.09. The second-order valence-corrected chi connectivity index (χ2v) is 5.12. The van der Waals surface area contributed by atoms with Crippen molar-refractivity contribution in [2.45, 2.75) is 33.2 Å². The Labute approximate surface area is 129 Å². The SMILES string of the molecule is Cc1ncc([N+](=O)[O-])cc1C(=O)NC(CN)CC(C)C.Cl. The molecule has 0 fully saturated rings. The van der Waals surface area contributed by atoms with Gasteiger partial charge in [0.1, 0.15) is 6.20 Å². The standard InChI is InChI=1S/C13H20N4O3.ClH/c1-8(2)4-10(6-14)16-13(18)12-5-11(17(19)20)7-15-9(12)3;/h5,7-8,10H,4,6,14H2,1-3H3,(H,16,18);1H. The van der Waals surface area contributed by atoms with Crippen LogP contribution in [0.1, 0.15) is 36.3 Å². The number of nitrogens with zero attached hydrogens (tertiary/aromatic N) is 2. The van der Waals surface area contributed by atoms with E-state index in [2.05, 4.69) is 10.3 Å². The monoisotopic (exact) mass is 316 g/mol. The van der Waals surface area contributed by atoms with Crippen LogP contribution in [0.4, 0.5) is 5.69 Å². The van der Waals surface area contributed by atoms with Crippen molar-refractivity contribution in [2.75, 3.05) is 6.54 Å². The number of hydrogen-bond donors (Lipinski definition) is 2. The molecule has 0 aliphatic rings. The smallest absolute Gasteiger partial charge is 0.288 e. The predicted octanol–water partition coefficient (Wildman–Crippen LogP) is 1.82. The highest BCUT2D eigenvalue weighted by molar-refractivity contribution is 5.95. The lowest BCUT2D eigenvalue weighted by atomic mass is 10.0. The van der Waals surface area contributed by atoms with Crippen LogP contribution in [0.5, 0.6) is 0 Å². The Hall–Kier alpha value is -1.73. The van der Waals surface area contributed by atoms with Crippen molar-refractivity contribution in [1.29, 1.82) is 0 Å². The van der Waals surface area contributed by atoms with Crippen LogP contribution in [-0.2, 0) is 0 Å². The van der Waals surface area contributed by atoms with Gasteiger partial charge in [-0.3, -0.25) is 19.9 Å². The average molecular weight is 317 g/mol. The third kappa shape index (κ3) is 5.65. The molecule has 1 rings (SSSR count). The van der Waals surface area contributed by atoms with E-state index in [9.17, 15) is 14.9 Å². The summed E-state index contributed by atoms with van der Waals surface area (Å²) < 4.78 is 0. The number of amides is 1. The Morgan fingerprint density at radius 3 is 2.62 bits per heavy atom. The predicted molar refractivity (Wildman–Crippen MR) is 82.6 cm³/mol. The summed E-state index contributed by atoms with van der Waals surface area (Å²) in [6.45, 7) is 6.04. The summed E-state index contributed by atoms with van der Waals surface area (Å²) in [7, 11) is 0. The van der Waals surface area contributed by atoms with Crippen molar-refractivity contribution in [3.8, 4) is 0 Å². The van der Waals surface area contributed by atoms with Gasteiger partial charge in [-0.25, -0.2) is 0 Å². The Kier molecular flexibility index (Phi) is 7.83. The van der Waals surface area contributed by atoms with Gasteiger partial charge in [-0.15, -0.1) is 12.4 Å². The van der Waals surface area contributed by atoms with E-state index in [1.54, 1.807) is 6.92 Å². The van der Waals surface area contributed by atoms with Crippen LogP contribution in [0, 0.1) is 23.0 Å². The zero-order valence-electron chi connectivity index (χ0n) is 12.3. The van der Waals surface area contributed by atoms with Crippen LogP contribution >= 0.6 is 12.4 Å². The molecule has 1 heterocycles. The Bertz CT molecular complexity index is 508. The summed E-state index contributed by atoms with van der Waals surface area (Å²) >= 11 is 0. The van der Waals surface area contributed by atoms with Crippen molar-refractivity contribution < 1.29 is 9.72 Å². The molecule has 1 atom stereocenters. The topological polar surface area (TPSA) is 111 Å². The van der Waals surface area contributed by atoms with Crippen LogP contribution in [0.25, 0.3) is 0 Å². The van der Waals surface area contributed by atoms with Crippen LogP contribution in [0.3, 0.4) is 0 Å². The van der Waals surface area contributed by atoms with Gasteiger partial charge in [0.05, 0.1) is 16.2 Å². The molecule has 1 aromatic rings. The summed E-state index contributed by atoms with van der Waals surface area (Å²) in [5.74, 6) is 0.0166. The van der Waals surface area contributed by atoms with Gasteiger partial charge in [0.25, 0.3) is 11.6 Å².